The molecule has 0 aromatic heterocycles. The zero-order valence-corrected chi connectivity index (χ0v) is 15.5. The normalized spacial score (nSPS) is 15.4. The third-order valence-electron chi connectivity index (χ3n) is 4.55. The number of carbonyl (C=O) groups excluding carboxylic acids is 1. The summed E-state index contributed by atoms with van der Waals surface area (Å²) in [4.78, 5) is 14.7. The molecule has 0 radical (unpaired) electrons. The molecule has 1 aliphatic heterocycles. The van der Waals surface area contributed by atoms with Crippen molar-refractivity contribution in [1.29, 1.82) is 0 Å². The van der Waals surface area contributed by atoms with E-state index in [1.807, 2.05) is 12.1 Å². The van der Waals surface area contributed by atoms with Crippen LogP contribution in [-0.2, 0) is 4.79 Å². The standard InChI is InChI=1S/C20H23ClFN3O/c1-14(20(26)24-19-10-5-15(22)13-18(19)21)23-16-6-8-17(9-7-16)25-11-3-2-4-12-25/h5-10,13-14,23H,2-4,11-12H2,1H3,(H,24,26)/t14-/m1/s1. The van der Waals surface area contributed by atoms with E-state index in [1.54, 1.807) is 6.92 Å². The van der Waals surface area contributed by atoms with Gasteiger partial charge in [-0.3, -0.25) is 4.79 Å². The van der Waals surface area contributed by atoms with Gasteiger partial charge in [-0.25, -0.2) is 4.39 Å². The molecule has 0 spiro atoms. The van der Waals surface area contributed by atoms with E-state index in [4.69, 9.17) is 11.6 Å². The molecule has 1 heterocycles. The number of anilines is 3. The lowest BCUT2D eigenvalue weighted by atomic mass is 10.1. The summed E-state index contributed by atoms with van der Waals surface area (Å²) in [6.07, 6.45) is 3.78. The average molecular weight is 376 g/mol. The number of halogens is 2. The molecule has 3 rings (SSSR count). The molecule has 4 nitrogen and oxygen atoms in total. The van der Waals surface area contributed by atoms with Crippen molar-refractivity contribution < 1.29 is 9.18 Å². The molecule has 2 N–H and O–H groups in total. The van der Waals surface area contributed by atoms with E-state index in [2.05, 4.69) is 27.7 Å². The zero-order valence-electron chi connectivity index (χ0n) is 14.8. The number of nitrogens with one attached hydrogen (secondary N) is 2. The Labute approximate surface area is 158 Å². The molecule has 26 heavy (non-hydrogen) atoms. The van der Waals surface area contributed by atoms with E-state index in [0.717, 1.165) is 18.8 Å². The van der Waals surface area contributed by atoms with Crippen LogP contribution in [0.1, 0.15) is 26.2 Å². The maximum absolute atomic E-state index is 13.1. The topological polar surface area (TPSA) is 44.4 Å². The van der Waals surface area contributed by atoms with E-state index >= 15 is 0 Å². The Kier molecular flexibility index (Phi) is 5.99. The number of nitrogens with zero attached hydrogens (tertiary/aromatic N) is 1. The SMILES string of the molecule is C[C@@H](Nc1ccc(N2CCCCC2)cc1)C(=O)Nc1ccc(F)cc1Cl. The molecule has 2 aromatic carbocycles. The summed E-state index contributed by atoms with van der Waals surface area (Å²) in [7, 11) is 0. The number of amides is 1. The lowest BCUT2D eigenvalue weighted by Gasteiger charge is -2.29. The first-order valence-corrected chi connectivity index (χ1v) is 9.28. The minimum Gasteiger partial charge on any atom is -0.374 e. The van der Waals surface area contributed by atoms with Gasteiger partial charge in [0.15, 0.2) is 0 Å². The van der Waals surface area contributed by atoms with Crippen LogP contribution >= 0.6 is 11.6 Å². The van der Waals surface area contributed by atoms with Crippen molar-refractivity contribution in [3.05, 3.63) is 53.3 Å². The summed E-state index contributed by atoms with van der Waals surface area (Å²) < 4.78 is 13.1. The van der Waals surface area contributed by atoms with Crippen molar-refractivity contribution in [2.75, 3.05) is 28.6 Å². The highest BCUT2D eigenvalue weighted by Gasteiger charge is 2.15. The fourth-order valence-corrected chi connectivity index (χ4v) is 3.28. The van der Waals surface area contributed by atoms with Crippen LogP contribution in [0.4, 0.5) is 21.5 Å². The lowest BCUT2D eigenvalue weighted by Crippen LogP contribution is -2.32. The number of carbonyl (C=O) groups is 1. The van der Waals surface area contributed by atoms with Crippen LogP contribution in [0.25, 0.3) is 0 Å². The number of piperidine rings is 1. The maximum Gasteiger partial charge on any atom is 0.246 e. The van der Waals surface area contributed by atoms with Gasteiger partial charge in [0, 0.05) is 24.5 Å². The number of rotatable bonds is 5. The van der Waals surface area contributed by atoms with Gasteiger partial charge in [-0.2, -0.15) is 0 Å². The van der Waals surface area contributed by atoms with Gasteiger partial charge in [-0.15, -0.1) is 0 Å². The molecule has 1 fully saturated rings. The molecular formula is C20H23ClFN3O. The van der Waals surface area contributed by atoms with Crippen LogP contribution in [0.5, 0.6) is 0 Å². The first-order chi connectivity index (χ1) is 12.5. The molecule has 1 saturated heterocycles. The van der Waals surface area contributed by atoms with Gasteiger partial charge in [-0.1, -0.05) is 11.6 Å². The van der Waals surface area contributed by atoms with Gasteiger partial charge >= 0.3 is 0 Å². The Morgan fingerprint density at radius 1 is 1.12 bits per heavy atom. The van der Waals surface area contributed by atoms with Gasteiger partial charge < -0.3 is 15.5 Å². The number of hydrogen-bond donors (Lipinski definition) is 2. The van der Waals surface area contributed by atoms with Gasteiger partial charge in [0.25, 0.3) is 0 Å². The smallest absolute Gasteiger partial charge is 0.246 e. The third kappa shape index (κ3) is 4.67. The molecule has 2 aromatic rings. The van der Waals surface area contributed by atoms with Crippen molar-refractivity contribution in [3.63, 3.8) is 0 Å². The fraction of sp³-hybridized carbons (Fsp3) is 0.350. The van der Waals surface area contributed by atoms with Crippen LogP contribution in [0, 0.1) is 5.82 Å². The maximum atomic E-state index is 13.1. The summed E-state index contributed by atoms with van der Waals surface area (Å²) in [6, 6.07) is 11.6. The van der Waals surface area contributed by atoms with Crippen LogP contribution in [0.2, 0.25) is 5.02 Å². The Morgan fingerprint density at radius 2 is 1.81 bits per heavy atom. The molecule has 1 aliphatic rings. The molecule has 0 bridgehead atoms. The highest BCUT2D eigenvalue weighted by Crippen LogP contribution is 2.24. The highest BCUT2D eigenvalue weighted by atomic mass is 35.5. The Hall–Kier alpha value is -2.27. The predicted molar refractivity (Wildman–Crippen MR) is 106 cm³/mol. The van der Waals surface area contributed by atoms with E-state index in [-0.39, 0.29) is 10.9 Å². The average Bonchev–Trinajstić information content (AvgIpc) is 2.65. The van der Waals surface area contributed by atoms with Crippen molar-refractivity contribution in [1.82, 2.24) is 0 Å². The Bertz CT molecular complexity index is 760. The van der Waals surface area contributed by atoms with Gasteiger partial charge in [0.1, 0.15) is 11.9 Å². The molecule has 0 unspecified atom stereocenters. The van der Waals surface area contributed by atoms with Crippen molar-refractivity contribution in [2.45, 2.75) is 32.2 Å². The minimum atomic E-state index is -0.461. The number of benzene rings is 2. The van der Waals surface area contributed by atoms with Gasteiger partial charge in [0.2, 0.25) is 5.91 Å². The summed E-state index contributed by atoms with van der Waals surface area (Å²) in [5, 5.41) is 6.06. The quantitative estimate of drug-likeness (QED) is 0.780. The molecule has 6 heteroatoms. The van der Waals surface area contributed by atoms with Crippen molar-refractivity contribution >= 4 is 34.6 Å². The third-order valence-corrected chi connectivity index (χ3v) is 4.87. The summed E-state index contributed by atoms with van der Waals surface area (Å²) >= 11 is 5.95. The first kappa shape index (κ1) is 18.5. The van der Waals surface area contributed by atoms with E-state index < -0.39 is 11.9 Å². The van der Waals surface area contributed by atoms with Crippen LogP contribution < -0.4 is 15.5 Å². The Morgan fingerprint density at radius 3 is 2.46 bits per heavy atom. The van der Waals surface area contributed by atoms with Gasteiger partial charge in [0.05, 0.1) is 10.7 Å². The first-order valence-electron chi connectivity index (χ1n) is 8.90. The van der Waals surface area contributed by atoms with Crippen molar-refractivity contribution in [2.24, 2.45) is 0 Å². The van der Waals surface area contributed by atoms with Crippen molar-refractivity contribution in [3.8, 4) is 0 Å². The Balaban J connectivity index is 1.58. The van der Waals surface area contributed by atoms with Crippen LogP contribution in [-0.4, -0.2) is 25.0 Å². The second kappa shape index (κ2) is 8.41. The lowest BCUT2D eigenvalue weighted by molar-refractivity contribution is -0.116. The van der Waals surface area contributed by atoms with E-state index in [1.165, 1.54) is 43.1 Å². The fourth-order valence-electron chi connectivity index (χ4n) is 3.07. The number of hydrogen-bond acceptors (Lipinski definition) is 3. The predicted octanol–water partition coefficient (Wildman–Crippen LogP) is 4.91. The minimum absolute atomic E-state index is 0.177. The van der Waals surface area contributed by atoms with E-state index in [0.29, 0.717) is 5.69 Å². The molecule has 138 valence electrons. The van der Waals surface area contributed by atoms with E-state index in [9.17, 15) is 9.18 Å². The largest absolute Gasteiger partial charge is 0.374 e. The molecule has 1 atom stereocenters. The molecule has 0 saturated carbocycles. The van der Waals surface area contributed by atoms with Crippen LogP contribution in [0.15, 0.2) is 42.5 Å². The molecular weight excluding hydrogens is 353 g/mol. The molecule has 0 aliphatic carbocycles. The second-order valence-corrected chi connectivity index (χ2v) is 6.98. The summed E-state index contributed by atoms with van der Waals surface area (Å²) in [5.74, 6) is -0.674. The second-order valence-electron chi connectivity index (χ2n) is 6.57. The summed E-state index contributed by atoms with van der Waals surface area (Å²) in [5.41, 5.74) is 2.48. The zero-order chi connectivity index (χ0) is 18.5. The highest BCUT2D eigenvalue weighted by molar-refractivity contribution is 6.33. The van der Waals surface area contributed by atoms with Crippen LogP contribution in [0.3, 0.4) is 0 Å². The van der Waals surface area contributed by atoms with Gasteiger partial charge in [-0.05, 0) is 68.7 Å². The summed E-state index contributed by atoms with van der Waals surface area (Å²) in [6.45, 7) is 3.97. The molecule has 1 amide bonds. The monoisotopic (exact) mass is 375 g/mol.